The molecule has 0 amide bonds. The molecular formula is C8H11NS. The second kappa shape index (κ2) is 2.79. The maximum absolute atomic E-state index is 4.42. The molecule has 54 valence electrons. The van der Waals surface area contributed by atoms with Crippen molar-refractivity contribution in [1.29, 1.82) is 0 Å². The summed E-state index contributed by atoms with van der Waals surface area (Å²) in [6.45, 7) is 0. The fourth-order valence-corrected chi connectivity index (χ4v) is 2.51. The predicted octanol–water partition coefficient (Wildman–Crippen LogP) is 2.24. The molecule has 0 aromatic rings. The van der Waals surface area contributed by atoms with Crippen LogP contribution in [0.3, 0.4) is 0 Å². The minimum atomic E-state index is 1.16. The van der Waals surface area contributed by atoms with Gasteiger partial charge in [-0.25, -0.2) is 0 Å². The summed E-state index contributed by atoms with van der Waals surface area (Å²) in [6.07, 6.45) is 5.86. The zero-order valence-electron chi connectivity index (χ0n) is 5.97. The van der Waals surface area contributed by atoms with Gasteiger partial charge in [-0.15, -0.1) is 0 Å². The fraction of sp³-hybridized carbons (Fsp3) is 0.625. The minimum absolute atomic E-state index is 1.16. The van der Waals surface area contributed by atoms with E-state index >= 15 is 0 Å². The largest absolute Gasteiger partial charge is 0.265 e. The Bertz CT molecular complexity index is 193. The number of hydrogen-bond acceptors (Lipinski definition) is 2. The Kier molecular flexibility index (Phi) is 1.80. The van der Waals surface area contributed by atoms with E-state index in [9.17, 15) is 0 Å². The van der Waals surface area contributed by atoms with Gasteiger partial charge in [0.1, 0.15) is 0 Å². The molecule has 0 bridgehead atoms. The van der Waals surface area contributed by atoms with Gasteiger partial charge in [-0.3, -0.25) is 4.99 Å². The molecule has 0 aromatic heterocycles. The Hall–Kier alpha value is -0.240. The van der Waals surface area contributed by atoms with Crippen molar-refractivity contribution in [3.8, 4) is 0 Å². The van der Waals surface area contributed by atoms with E-state index in [4.69, 9.17) is 0 Å². The molecule has 0 saturated carbocycles. The Morgan fingerprint density at radius 3 is 3.40 bits per heavy atom. The third kappa shape index (κ3) is 1.12. The Balaban J connectivity index is 2.22. The van der Waals surface area contributed by atoms with Crippen molar-refractivity contribution >= 4 is 18.0 Å². The molecule has 2 aliphatic heterocycles. The average molecular weight is 153 g/mol. The van der Waals surface area contributed by atoms with Crippen LogP contribution in [-0.4, -0.2) is 17.7 Å². The van der Waals surface area contributed by atoms with Gasteiger partial charge in [0.05, 0.1) is 0 Å². The van der Waals surface area contributed by atoms with Crippen LogP contribution in [0.1, 0.15) is 19.3 Å². The van der Waals surface area contributed by atoms with Crippen molar-refractivity contribution in [1.82, 2.24) is 0 Å². The number of rotatable bonds is 0. The summed E-state index contributed by atoms with van der Waals surface area (Å²) < 4.78 is 0. The molecule has 0 aliphatic carbocycles. The lowest BCUT2D eigenvalue weighted by atomic mass is 10.1. The van der Waals surface area contributed by atoms with E-state index in [2.05, 4.69) is 11.2 Å². The number of nitrogens with zero attached hydrogens (tertiary/aromatic N) is 1. The standard InChI is InChI=1S/C8H11NS/c1-2-4-9-8-6-10-5-7(8)3-1/h4H,1-3,5-6H2. The second-order valence-electron chi connectivity index (χ2n) is 2.75. The molecule has 0 spiro atoms. The van der Waals surface area contributed by atoms with Crippen molar-refractivity contribution in [3.05, 3.63) is 11.3 Å². The van der Waals surface area contributed by atoms with Crippen LogP contribution in [0.2, 0.25) is 0 Å². The van der Waals surface area contributed by atoms with Gasteiger partial charge in [-0.2, -0.15) is 11.8 Å². The predicted molar refractivity (Wildman–Crippen MR) is 46.7 cm³/mol. The topological polar surface area (TPSA) is 12.4 Å². The van der Waals surface area contributed by atoms with Gasteiger partial charge in [-0.05, 0) is 24.8 Å². The number of thioether (sulfide) groups is 1. The SMILES string of the molecule is C1=NC2=C(CCC1)CSC2. The van der Waals surface area contributed by atoms with Crippen LogP contribution in [0.4, 0.5) is 0 Å². The maximum atomic E-state index is 4.42. The fourth-order valence-electron chi connectivity index (χ4n) is 1.38. The van der Waals surface area contributed by atoms with Crippen molar-refractivity contribution < 1.29 is 0 Å². The molecule has 0 aromatic carbocycles. The first-order valence-electron chi connectivity index (χ1n) is 3.78. The van der Waals surface area contributed by atoms with E-state index in [1.165, 1.54) is 30.7 Å². The Morgan fingerprint density at radius 1 is 1.40 bits per heavy atom. The first-order chi connectivity index (χ1) is 4.97. The molecule has 0 fully saturated rings. The highest BCUT2D eigenvalue weighted by molar-refractivity contribution is 7.99. The summed E-state index contributed by atoms with van der Waals surface area (Å²) in [5.41, 5.74) is 2.99. The Morgan fingerprint density at radius 2 is 2.40 bits per heavy atom. The molecular weight excluding hydrogens is 142 g/mol. The van der Waals surface area contributed by atoms with Gasteiger partial charge >= 0.3 is 0 Å². The Labute approximate surface area is 65.6 Å². The van der Waals surface area contributed by atoms with Crippen LogP contribution in [0.5, 0.6) is 0 Å². The van der Waals surface area contributed by atoms with Gasteiger partial charge in [-0.1, -0.05) is 0 Å². The summed E-state index contributed by atoms with van der Waals surface area (Å²) in [4.78, 5) is 4.42. The molecule has 0 unspecified atom stereocenters. The van der Waals surface area contributed by atoms with E-state index in [-0.39, 0.29) is 0 Å². The number of hydrogen-bond donors (Lipinski definition) is 0. The summed E-state index contributed by atoms with van der Waals surface area (Å²) in [7, 11) is 0. The molecule has 0 radical (unpaired) electrons. The van der Waals surface area contributed by atoms with E-state index in [0.29, 0.717) is 0 Å². The average Bonchev–Trinajstić information content (AvgIpc) is 2.28. The van der Waals surface area contributed by atoms with Gasteiger partial charge in [0, 0.05) is 23.4 Å². The first-order valence-corrected chi connectivity index (χ1v) is 4.93. The molecule has 2 heterocycles. The first kappa shape index (κ1) is 6.47. The third-order valence-corrected chi connectivity index (χ3v) is 3.01. The molecule has 10 heavy (non-hydrogen) atoms. The zero-order valence-corrected chi connectivity index (χ0v) is 6.78. The van der Waals surface area contributed by atoms with Crippen LogP contribution in [0, 0.1) is 0 Å². The van der Waals surface area contributed by atoms with E-state index < -0.39 is 0 Å². The van der Waals surface area contributed by atoms with Crippen LogP contribution in [0.15, 0.2) is 16.3 Å². The molecule has 0 saturated heterocycles. The molecule has 2 heteroatoms. The van der Waals surface area contributed by atoms with Crippen molar-refractivity contribution in [2.45, 2.75) is 19.3 Å². The highest BCUT2D eigenvalue weighted by Gasteiger charge is 2.14. The van der Waals surface area contributed by atoms with Gasteiger partial charge in [0.15, 0.2) is 0 Å². The van der Waals surface area contributed by atoms with Gasteiger partial charge < -0.3 is 0 Å². The molecule has 0 atom stereocenters. The number of aliphatic imine (C=N–C) groups is 1. The summed E-state index contributed by atoms with van der Waals surface area (Å²) in [6, 6.07) is 0. The minimum Gasteiger partial charge on any atom is -0.265 e. The normalized spacial score (nSPS) is 24.8. The quantitative estimate of drug-likeness (QED) is 0.520. The summed E-state index contributed by atoms with van der Waals surface area (Å²) >= 11 is 2.00. The third-order valence-electron chi connectivity index (χ3n) is 1.98. The lowest BCUT2D eigenvalue weighted by Crippen LogP contribution is -1.83. The van der Waals surface area contributed by atoms with Crippen LogP contribution < -0.4 is 0 Å². The van der Waals surface area contributed by atoms with Crippen molar-refractivity contribution in [2.75, 3.05) is 11.5 Å². The molecule has 0 N–H and O–H groups in total. The highest BCUT2D eigenvalue weighted by Crippen LogP contribution is 2.29. The van der Waals surface area contributed by atoms with Crippen LogP contribution in [-0.2, 0) is 0 Å². The molecule has 1 nitrogen and oxygen atoms in total. The summed E-state index contributed by atoms with van der Waals surface area (Å²) in [5, 5.41) is 0. The van der Waals surface area contributed by atoms with Crippen molar-refractivity contribution in [2.24, 2.45) is 4.99 Å². The lowest BCUT2D eigenvalue weighted by molar-refractivity contribution is 0.870. The smallest absolute Gasteiger partial charge is 0.0499 e. The lowest BCUT2D eigenvalue weighted by Gasteiger charge is -1.95. The molecule has 2 rings (SSSR count). The van der Waals surface area contributed by atoms with E-state index in [0.717, 1.165) is 5.75 Å². The van der Waals surface area contributed by atoms with Crippen LogP contribution in [0.25, 0.3) is 0 Å². The van der Waals surface area contributed by atoms with Gasteiger partial charge in [0.2, 0.25) is 0 Å². The monoisotopic (exact) mass is 153 g/mol. The van der Waals surface area contributed by atoms with Crippen molar-refractivity contribution in [3.63, 3.8) is 0 Å². The van der Waals surface area contributed by atoms with E-state index in [1.54, 1.807) is 5.57 Å². The van der Waals surface area contributed by atoms with E-state index in [1.807, 2.05) is 11.8 Å². The summed E-state index contributed by atoms with van der Waals surface area (Å²) in [5.74, 6) is 2.40. The second-order valence-corrected chi connectivity index (χ2v) is 3.73. The van der Waals surface area contributed by atoms with Gasteiger partial charge in [0.25, 0.3) is 0 Å². The zero-order chi connectivity index (χ0) is 6.81. The maximum Gasteiger partial charge on any atom is 0.0499 e. The highest BCUT2D eigenvalue weighted by atomic mass is 32.2. The molecule has 2 aliphatic rings. The van der Waals surface area contributed by atoms with Crippen LogP contribution >= 0.6 is 11.8 Å².